The predicted octanol–water partition coefficient (Wildman–Crippen LogP) is 7.78. The molecule has 2 aliphatic rings. The normalized spacial score (nSPS) is 19.0. The second kappa shape index (κ2) is 8.65. The van der Waals surface area contributed by atoms with Crippen molar-refractivity contribution >= 4 is 17.7 Å². The van der Waals surface area contributed by atoms with Crippen molar-refractivity contribution in [3.63, 3.8) is 0 Å². The number of aryl methyl sites for hydroxylation is 1. The third-order valence-corrected chi connectivity index (χ3v) is 8.46. The topological polar surface area (TPSA) is 49.3 Å². The van der Waals surface area contributed by atoms with Crippen LogP contribution >= 0.6 is 0 Å². The largest absolute Gasteiger partial charge is 0.508 e. The molecule has 3 aromatic carbocycles. The van der Waals surface area contributed by atoms with E-state index in [1.54, 1.807) is 30.3 Å². The summed E-state index contributed by atoms with van der Waals surface area (Å²) in [6, 6.07) is 20.1. The number of phenols is 1. The Morgan fingerprint density at radius 1 is 0.833 bits per heavy atom. The van der Waals surface area contributed by atoms with Gasteiger partial charge in [0.2, 0.25) is 5.91 Å². The van der Waals surface area contributed by atoms with Crippen LogP contribution in [0, 0.1) is 6.92 Å². The van der Waals surface area contributed by atoms with Crippen molar-refractivity contribution in [2.75, 3.05) is 5.32 Å². The van der Waals surface area contributed by atoms with Crippen molar-refractivity contribution in [2.24, 2.45) is 0 Å². The average molecular weight is 480 g/mol. The van der Waals surface area contributed by atoms with E-state index in [4.69, 9.17) is 0 Å². The van der Waals surface area contributed by atoms with E-state index in [1.165, 1.54) is 40.7 Å². The molecule has 1 amide bonds. The summed E-state index contributed by atoms with van der Waals surface area (Å²) in [5.41, 5.74) is 9.40. The van der Waals surface area contributed by atoms with Crippen molar-refractivity contribution < 1.29 is 9.90 Å². The minimum atomic E-state index is -0.192. The lowest BCUT2D eigenvalue weighted by molar-refractivity contribution is -0.111. The lowest BCUT2D eigenvalue weighted by Crippen LogP contribution is -2.34. The van der Waals surface area contributed by atoms with E-state index in [-0.39, 0.29) is 27.9 Å². The summed E-state index contributed by atoms with van der Waals surface area (Å²) in [5, 5.41) is 12.3. The standard InChI is InChI=1S/C33H37NO2/c1-22-19-28-29(32(4,5)16-15-31(28,2)3)21-27(22)33(17-18-33)24-8-6-7-23(20-24)9-14-30(36)34-25-10-12-26(35)13-11-25/h6-14,19-21,35H,15-18H2,1-5H3,(H,34,36)/b14-9-. The van der Waals surface area contributed by atoms with Crippen LogP contribution in [0.1, 0.15) is 86.8 Å². The van der Waals surface area contributed by atoms with E-state index in [2.05, 4.69) is 76.3 Å². The molecule has 3 aromatic rings. The lowest BCUT2D eigenvalue weighted by atomic mass is 9.62. The average Bonchev–Trinajstić information content (AvgIpc) is 3.64. The zero-order chi connectivity index (χ0) is 25.7. The van der Waals surface area contributed by atoms with Gasteiger partial charge in [0, 0.05) is 17.2 Å². The molecule has 0 spiro atoms. The van der Waals surface area contributed by atoms with Gasteiger partial charge < -0.3 is 10.4 Å². The molecule has 0 radical (unpaired) electrons. The monoisotopic (exact) mass is 479 g/mol. The zero-order valence-electron chi connectivity index (χ0n) is 22.1. The number of fused-ring (bicyclic) bond motifs is 1. The highest BCUT2D eigenvalue weighted by Crippen LogP contribution is 2.56. The molecule has 0 unspecified atom stereocenters. The van der Waals surface area contributed by atoms with Gasteiger partial charge in [-0.15, -0.1) is 0 Å². The fourth-order valence-electron chi connectivity index (χ4n) is 5.92. The Hall–Kier alpha value is -3.33. The summed E-state index contributed by atoms with van der Waals surface area (Å²) >= 11 is 0. The van der Waals surface area contributed by atoms with Crippen LogP contribution in [0.25, 0.3) is 6.08 Å². The van der Waals surface area contributed by atoms with Gasteiger partial charge in [0.05, 0.1) is 0 Å². The fraction of sp³-hybridized carbons (Fsp3) is 0.364. The van der Waals surface area contributed by atoms with Crippen LogP contribution in [0.5, 0.6) is 5.75 Å². The van der Waals surface area contributed by atoms with Gasteiger partial charge in [0.15, 0.2) is 0 Å². The summed E-state index contributed by atoms with van der Waals surface area (Å²) < 4.78 is 0. The molecule has 36 heavy (non-hydrogen) atoms. The first kappa shape index (κ1) is 24.4. The predicted molar refractivity (Wildman–Crippen MR) is 149 cm³/mol. The van der Waals surface area contributed by atoms with E-state index in [0.717, 1.165) is 18.4 Å². The second-order valence-corrected chi connectivity index (χ2v) is 12.1. The number of amides is 1. The number of carbonyl (C=O) groups is 1. The van der Waals surface area contributed by atoms with E-state index < -0.39 is 0 Å². The van der Waals surface area contributed by atoms with Crippen molar-refractivity contribution in [3.8, 4) is 5.75 Å². The summed E-state index contributed by atoms with van der Waals surface area (Å²) in [5.74, 6) is -0.0154. The molecule has 0 bridgehead atoms. The van der Waals surface area contributed by atoms with Crippen LogP contribution < -0.4 is 5.32 Å². The number of nitrogens with one attached hydrogen (secondary N) is 1. The number of hydrogen-bond donors (Lipinski definition) is 2. The van der Waals surface area contributed by atoms with Crippen LogP contribution in [-0.4, -0.2) is 11.0 Å². The molecule has 2 aliphatic carbocycles. The maximum absolute atomic E-state index is 12.4. The van der Waals surface area contributed by atoms with E-state index in [0.29, 0.717) is 5.69 Å². The zero-order valence-corrected chi connectivity index (χ0v) is 22.1. The first-order valence-electron chi connectivity index (χ1n) is 13.1. The van der Waals surface area contributed by atoms with E-state index >= 15 is 0 Å². The molecule has 2 N–H and O–H groups in total. The molecule has 186 valence electrons. The van der Waals surface area contributed by atoms with Crippen molar-refractivity contribution in [3.05, 3.63) is 100 Å². The minimum absolute atomic E-state index is 0.0644. The highest BCUT2D eigenvalue weighted by atomic mass is 16.3. The fourth-order valence-corrected chi connectivity index (χ4v) is 5.92. The minimum Gasteiger partial charge on any atom is -0.508 e. The van der Waals surface area contributed by atoms with Gasteiger partial charge in [0.25, 0.3) is 0 Å². The number of anilines is 1. The summed E-state index contributed by atoms with van der Waals surface area (Å²) in [7, 11) is 0. The van der Waals surface area contributed by atoms with Crippen molar-refractivity contribution in [2.45, 2.75) is 76.5 Å². The molecule has 5 rings (SSSR count). The molecule has 0 heterocycles. The van der Waals surface area contributed by atoms with Gasteiger partial charge in [-0.2, -0.15) is 0 Å². The van der Waals surface area contributed by atoms with Gasteiger partial charge in [-0.3, -0.25) is 4.79 Å². The number of phenolic OH excluding ortho intramolecular Hbond substituents is 1. The third-order valence-electron chi connectivity index (χ3n) is 8.46. The van der Waals surface area contributed by atoms with Crippen molar-refractivity contribution in [1.82, 2.24) is 0 Å². The summed E-state index contributed by atoms with van der Waals surface area (Å²) in [6.07, 6.45) is 8.21. The maximum Gasteiger partial charge on any atom is 0.248 e. The Morgan fingerprint density at radius 3 is 2.11 bits per heavy atom. The van der Waals surface area contributed by atoms with E-state index in [1.807, 2.05) is 6.08 Å². The van der Waals surface area contributed by atoms with Gasteiger partial charge in [-0.25, -0.2) is 0 Å². The van der Waals surface area contributed by atoms with Crippen LogP contribution in [0.3, 0.4) is 0 Å². The lowest BCUT2D eigenvalue weighted by Gasteiger charge is -2.43. The van der Waals surface area contributed by atoms with Gasteiger partial charge in [-0.05, 0) is 107 Å². The Balaban J connectivity index is 1.43. The number of carbonyl (C=O) groups excluding carboxylic acids is 1. The molecular formula is C33H37NO2. The first-order chi connectivity index (χ1) is 17.0. The molecule has 1 saturated carbocycles. The summed E-state index contributed by atoms with van der Waals surface area (Å²) in [6.45, 7) is 11.9. The molecule has 0 aliphatic heterocycles. The smallest absolute Gasteiger partial charge is 0.248 e. The number of aromatic hydroxyl groups is 1. The number of benzene rings is 3. The molecule has 1 fully saturated rings. The Morgan fingerprint density at radius 2 is 1.47 bits per heavy atom. The SMILES string of the molecule is Cc1cc2c(cc1C1(c3cccc(/C=C\C(=O)Nc4ccc(O)cc4)c3)CC1)C(C)(C)CCC2(C)C. The van der Waals surface area contributed by atoms with Crippen LogP contribution in [0.2, 0.25) is 0 Å². The summed E-state index contributed by atoms with van der Waals surface area (Å²) in [4.78, 5) is 12.4. The van der Waals surface area contributed by atoms with E-state index in [9.17, 15) is 9.90 Å². The second-order valence-electron chi connectivity index (χ2n) is 12.1. The number of hydrogen-bond acceptors (Lipinski definition) is 2. The molecule has 3 heteroatoms. The van der Waals surface area contributed by atoms with Crippen molar-refractivity contribution in [1.29, 1.82) is 0 Å². The Kier molecular flexibility index (Phi) is 5.86. The molecule has 0 saturated heterocycles. The molecule has 3 nitrogen and oxygen atoms in total. The third kappa shape index (κ3) is 4.48. The van der Waals surface area contributed by atoms with Gasteiger partial charge in [-0.1, -0.05) is 64.1 Å². The Bertz CT molecular complexity index is 1340. The van der Waals surface area contributed by atoms with Gasteiger partial charge in [0.1, 0.15) is 5.75 Å². The van der Waals surface area contributed by atoms with Crippen LogP contribution in [0.15, 0.2) is 66.7 Å². The number of rotatable bonds is 5. The highest BCUT2D eigenvalue weighted by molar-refractivity contribution is 6.01. The van der Waals surface area contributed by atoms with Crippen LogP contribution in [-0.2, 0) is 21.0 Å². The molecular weight excluding hydrogens is 442 g/mol. The van der Waals surface area contributed by atoms with Crippen LogP contribution in [0.4, 0.5) is 5.69 Å². The maximum atomic E-state index is 12.4. The molecule has 0 aromatic heterocycles. The van der Waals surface area contributed by atoms with Gasteiger partial charge >= 0.3 is 0 Å². The Labute approximate surface area is 215 Å². The quantitative estimate of drug-likeness (QED) is 0.290. The molecule has 0 atom stereocenters. The first-order valence-corrected chi connectivity index (χ1v) is 13.1. The highest BCUT2D eigenvalue weighted by Gasteiger charge is 2.48.